The van der Waals surface area contributed by atoms with Crippen LogP contribution in [0.3, 0.4) is 0 Å². The van der Waals surface area contributed by atoms with E-state index in [0.717, 1.165) is 18.6 Å². The molecule has 0 aliphatic rings. The Kier molecular flexibility index (Phi) is 6.18. The molecule has 0 saturated heterocycles. The fourth-order valence-corrected chi connectivity index (χ4v) is 0.781. The van der Waals surface area contributed by atoms with Crippen molar-refractivity contribution in [1.29, 1.82) is 0 Å². The third-order valence-corrected chi connectivity index (χ3v) is 1.16. The van der Waals surface area contributed by atoms with Gasteiger partial charge in [0.15, 0.2) is 0 Å². The van der Waals surface area contributed by atoms with Crippen LogP contribution in [0.1, 0.15) is 27.2 Å². The number of ether oxygens (including phenoxy) is 1. The molecular formula is C9H18O2. The van der Waals surface area contributed by atoms with Crippen LogP contribution in [0.2, 0.25) is 0 Å². The number of allylic oxidation sites excluding steroid dienone is 1. The van der Waals surface area contributed by atoms with Gasteiger partial charge in [0, 0.05) is 6.61 Å². The zero-order valence-electron chi connectivity index (χ0n) is 7.63. The first kappa shape index (κ1) is 10.7. The monoisotopic (exact) mass is 158 g/mol. The van der Waals surface area contributed by atoms with E-state index in [9.17, 15) is 5.11 Å². The summed E-state index contributed by atoms with van der Waals surface area (Å²) < 4.78 is 5.15. The maximum absolute atomic E-state index is 9.24. The molecular weight excluding hydrogens is 140 g/mol. The van der Waals surface area contributed by atoms with E-state index < -0.39 is 6.10 Å². The zero-order valence-corrected chi connectivity index (χ0v) is 7.63. The van der Waals surface area contributed by atoms with Crippen molar-refractivity contribution < 1.29 is 9.84 Å². The molecule has 0 aromatic heterocycles. The highest BCUT2D eigenvalue weighted by Gasteiger charge is 1.97. The zero-order chi connectivity index (χ0) is 8.69. The maximum atomic E-state index is 9.24. The lowest BCUT2D eigenvalue weighted by atomic mass is 10.2. The molecule has 0 aromatic carbocycles. The molecule has 0 radical (unpaired) electrons. The van der Waals surface area contributed by atoms with Gasteiger partial charge in [0.25, 0.3) is 0 Å². The Morgan fingerprint density at radius 2 is 2.18 bits per heavy atom. The SMILES string of the molecule is CCCOCC(O)C=C(C)C. The van der Waals surface area contributed by atoms with Crippen molar-refractivity contribution in [3.8, 4) is 0 Å². The molecule has 0 bridgehead atoms. The number of rotatable bonds is 5. The first-order valence-corrected chi connectivity index (χ1v) is 4.07. The van der Waals surface area contributed by atoms with E-state index in [1.807, 2.05) is 20.8 Å². The fourth-order valence-electron chi connectivity index (χ4n) is 0.781. The Labute approximate surface area is 68.9 Å². The Balaban J connectivity index is 3.37. The second-order valence-corrected chi connectivity index (χ2v) is 2.89. The largest absolute Gasteiger partial charge is 0.387 e. The standard InChI is InChI=1S/C9H18O2/c1-4-5-11-7-9(10)6-8(2)3/h6,9-10H,4-5,7H2,1-3H3. The van der Waals surface area contributed by atoms with Gasteiger partial charge in [-0.3, -0.25) is 0 Å². The highest BCUT2D eigenvalue weighted by Crippen LogP contribution is 1.95. The van der Waals surface area contributed by atoms with Gasteiger partial charge in [-0.1, -0.05) is 18.6 Å². The molecule has 11 heavy (non-hydrogen) atoms. The Morgan fingerprint density at radius 1 is 1.55 bits per heavy atom. The predicted molar refractivity (Wildman–Crippen MR) is 46.5 cm³/mol. The summed E-state index contributed by atoms with van der Waals surface area (Å²) in [7, 11) is 0. The van der Waals surface area contributed by atoms with Crippen LogP contribution in [0.4, 0.5) is 0 Å². The third-order valence-electron chi connectivity index (χ3n) is 1.16. The molecule has 2 nitrogen and oxygen atoms in total. The summed E-state index contributed by atoms with van der Waals surface area (Å²) in [5, 5.41) is 9.24. The molecule has 0 rings (SSSR count). The molecule has 1 N–H and O–H groups in total. The Hall–Kier alpha value is -0.340. The second-order valence-electron chi connectivity index (χ2n) is 2.89. The average molecular weight is 158 g/mol. The van der Waals surface area contributed by atoms with Gasteiger partial charge in [-0.05, 0) is 20.3 Å². The lowest BCUT2D eigenvalue weighted by Gasteiger charge is -2.06. The molecule has 0 aromatic rings. The number of aliphatic hydroxyl groups is 1. The van der Waals surface area contributed by atoms with Gasteiger partial charge >= 0.3 is 0 Å². The average Bonchev–Trinajstić information content (AvgIpc) is 1.86. The topological polar surface area (TPSA) is 29.5 Å². The fraction of sp³-hybridized carbons (Fsp3) is 0.778. The van der Waals surface area contributed by atoms with Crippen molar-refractivity contribution in [3.63, 3.8) is 0 Å². The number of hydrogen-bond donors (Lipinski definition) is 1. The van der Waals surface area contributed by atoms with E-state index in [-0.39, 0.29) is 0 Å². The lowest BCUT2D eigenvalue weighted by Crippen LogP contribution is -2.12. The van der Waals surface area contributed by atoms with E-state index in [1.165, 1.54) is 0 Å². The summed E-state index contributed by atoms with van der Waals surface area (Å²) in [6.07, 6.45) is 2.36. The van der Waals surface area contributed by atoms with E-state index in [1.54, 1.807) is 6.08 Å². The highest BCUT2D eigenvalue weighted by atomic mass is 16.5. The van der Waals surface area contributed by atoms with E-state index in [0.29, 0.717) is 6.61 Å². The van der Waals surface area contributed by atoms with Crippen molar-refractivity contribution >= 4 is 0 Å². The van der Waals surface area contributed by atoms with Crippen LogP contribution in [0.15, 0.2) is 11.6 Å². The summed E-state index contributed by atoms with van der Waals surface area (Å²) in [6.45, 7) is 7.12. The van der Waals surface area contributed by atoms with Gasteiger partial charge in [-0.15, -0.1) is 0 Å². The van der Waals surface area contributed by atoms with Gasteiger partial charge < -0.3 is 9.84 Å². The van der Waals surface area contributed by atoms with Crippen molar-refractivity contribution in [3.05, 3.63) is 11.6 Å². The molecule has 1 atom stereocenters. The van der Waals surface area contributed by atoms with Crippen LogP contribution < -0.4 is 0 Å². The Morgan fingerprint density at radius 3 is 2.64 bits per heavy atom. The van der Waals surface area contributed by atoms with Gasteiger partial charge in [-0.25, -0.2) is 0 Å². The van der Waals surface area contributed by atoms with Crippen molar-refractivity contribution in [2.75, 3.05) is 13.2 Å². The summed E-state index contributed by atoms with van der Waals surface area (Å²) in [5.41, 5.74) is 1.12. The normalized spacial score (nSPS) is 12.7. The lowest BCUT2D eigenvalue weighted by molar-refractivity contribution is 0.0597. The second kappa shape index (κ2) is 6.38. The van der Waals surface area contributed by atoms with Crippen molar-refractivity contribution in [1.82, 2.24) is 0 Å². The van der Waals surface area contributed by atoms with E-state index in [4.69, 9.17) is 4.74 Å². The van der Waals surface area contributed by atoms with Crippen LogP contribution in [0.5, 0.6) is 0 Å². The Bertz CT molecular complexity index is 115. The quantitative estimate of drug-likeness (QED) is 0.488. The molecule has 0 heterocycles. The minimum absolute atomic E-state index is 0.416. The summed E-state index contributed by atoms with van der Waals surface area (Å²) in [6, 6.07) is 0. The van der Waals surface area contributed by atoms with Crippen LogP contribution >= 0.6 is 0 Å². The summed E-state index contributed by atoms with van der Waals surface area (Å²) >= 11 is 0. The first-order chi connectivity index (χ1) is 5.16. The maximum Gasteiger partial charge on any atom is 0.0956 e. The van der Waals surface area contributed by atoms with Gasteiger partial charge in [-0.2, -0.15) is 0 Å². The molecule has 1 unspecified atom stereocenters. The van der Waals surface area contributed by atoms with E-state index >= 15 is 0 Å². The molecule has 0 aliphatic carbocycles. The van der Waals surface area contributed by atoms with E-state index in [2.05, 4.69) is 0 Å². The van der Waals surface area contributed by atoms with Crippen molar-refractivity contribution in [2.24, 2.45) is 0 Å². The van der Waals surface area contributed by atoms with Gasteiger partial charge in [0.1, 0.15) is 0 Å². The van der Waals surface area contributed by atoms with Crippen LogP contribution in [0, 0.1) is 0 Å². The molecule has 0 amide bonds. The predicted octanol–water partition coefficient (Wildman–Crippen LogP) is 1.74. The molecule has 0 aliphatic heterocycles. The molecule has 0 fully saturated rings. The first-order valence-electron chi connectivity index (χ1n) is 4.07. The molecule has 2 heteroatoms. The van der Waals surface area contributed by atoms with Crippen LogP contribution in [-0.2, 0) is 4.74 Å². The van der Waals surface area contributed by atoms with Crippen molar-refractivity contribution in [2.45, 2.75) is 33.3 Å². The summed E-state index contributed by atoms with van der Waals surface area (Å²) in [4.78, 5) is 0. The van der Waals surface area contributed by atoms with Crippen LogP contribution in [0.25, 0.3) is 0 Å². The molecule has 0 saturated carbocycles. The molecule has 66 valence electrons. The van der Waals surface area contributed by atoms with Crippen LogP contribution in [-0.4, -0.2) is 24.4 Å². The van der Waals surface area contributed by atoms with Gasteiger partial charge in [0.05, 0.1) is 12.7 Å². The van der Waals surface area contributed by atoms with Gasteiger partial charge in [0.2, 0.25) is 0 Å². The number of hydrogen-bond acceptors (Lipinski definition) is 2. The minimum Gasteiger partial charge on any atom is -0.387 e. The molecule has 0 spiro atoms. The smallest absolute Gasteiger partial charge is 0.0956 e. The highest BCUT2D eigenvalue weighted by molar-refractivity contribution is 4.97. The summed E-state index contributed by atoms with van der Waals surface area (Å²) in [5.74, 6) is 0. The number of aliphatic hydroxyl groups excluding tert-OH is 1. The third kappa shape index (κ3) is 7.56. The minimum atomic E-state index is -0.438.